The predicted octanol–water partition coefficient (Wildman–Crippen LogP) is 3.55. The fourth-order valence-electron chi connectivity index (χ4n) is 4.36. The average Bonchev–Trinajstić information content (AvgIpc) is 2.87. The molecule has 0 bridgehead atoms. The standard InChI is InChI=1S/C31H48N4O5S/c1-24(2)18-19-34(41(39,40)26-16-12-9-13-17-26)22-28(36)27(20-25-14-10-8-11-15-25)35(30(38)21-31(3,4)5)32-29(37)23-33(6)7/h8-17,24,27-28,36H,18-23H2,1-7H3,(H,32,37)/t27?,28-/m1/s1. The van der Waals surface area contributed by atoms with E-state index in [4.69, 9.17) is 0 Å². The summed E-state index contributed by atoms with van der Waals surface area (Å²) in [4.78, 5) is 28.4. The number of hydrazine groups is 1. The van der Waals surface area contributed by atoms with Crippen LogP contribution in [0.1, 0.15) is 53.0 Å². The van der Waals surface area contributed by atoms with Gasteiger partial charge in [0.25, 0.3) is 5.91 Å². The van der Waals surface area contributed by atoms with E-state index in [1.807, 2.05) is 65.0 Å². The Morgan fingerprint density at radius 1 is 0.951 bits per heavy atom. The van der Waals surface area contributed by atoms with Crippen LogP contribution < -0.4 is 5.43 Å². The molecule has 0 saturated heterocycles. The van der Waals surface area contributed by atoms with Crippen molar-refractivity contribution in [1.82, 2.24) is 19.6 Å². The summed E-state index contributed by atoms with van der Waals surface area (Å²) in [6.45, 7) is 9.78. The molecule has 0 radical (unpaired) electrons. The number of aliphatic hydroxyl groups excluding tert-OH is 1. The van der Waals surface area contributed by atoms with Crippen molar-refractivity contribution in [1.29, 1.82) is 0 Å². The van der Waals surface area contributed by atoms with E-state index in [1.165, 1.54) is 21.4 Å². The van der Waals surface area contributed by atoms with Gasteiger partial charge in [0, 0.05) is 19.5 Å². The molecule has 0 aliphatic heterocycles. The Balaban J connectivity index is 2.54. The zero-order valence-electron chi connectivity index (χ0n) is 25.6. The summed E-state index contributed by atoms with van der Waals surface area (Å²) < 4.78 is 28.7. The summed E-state index contributed by atoms with van der Waals surface area (Å²) in [5, 5.41) is 13.0. The highest BCUT2D eigenvalue weighted by Gasteiger charge is 2.36. The van der Waals surface area contributed by atoms with Gasteiger partial charge >= 0.3 is 0 Å². The van der Waals surface area contributed by atoms with Crippen molar-refractivity contribution in [2.24, 2.45) is 11.3 Å². The van der Waals surface area contributed by atoms with Crippen molar-refractivity contribution in [2.75, 3.05) is 33.7 Å². The normalized spacial score (nSPS) is 13.8. The lowest BCUT2D eigenvalue weighted by Crippen LogP contribution is -2.60. The van der Waals surface area contributed by atoms with E-state index >= 15 is 0 Å². The fourth-order valence-corrected chi connectivity index (χ4v) is 5.86. The summed E-state index contributed by atoms with van der Waals surface area (Å²) in [6, 6.07) is 16.6. The van der Waals surface area contributed by atoms with Gasteiger partial charge < -0.3 is 10.0 Å². The van der Waals surface area contributed by atoms with E-state index in [-0.39, 0.29) is 54.6 Å². The maximum atomic E-state index is 13.7. The lowest BCUT2D eigenvalue weighted by Gasteiger charge is -2.38. The summed E-state index contributed by atoms with van der Waals surface area (Å²) in [6.07, 6.45) is -0.380. The van der Waals surface area contributed by atoms with Crippen molar-refractivity contribution in [3.8, 4) is 0 Å². The zero-order chi connectivity index (χ0) is 30.8. The van der Waals surface area contributed by atoms with Crippen LogP contribution in [0.5, 0.6) is 0 Å². The second-order valence-corrected chi connectivity index (χ2v) is 14.4. The first kappa shape index (κ1) is 34.4. The number of nitrogens with one attached hydrogen (secondary N) is 1. The molecule has 0 aromatic heterocycles. The number of likely N-dealkylation sites (N-methyl/N-ethyl adjacent to an activating group) is 1. The van der Waals surface area contributed by atoms with Gasteiger partial charge in [0.15, 0.2) is 0 Å². The van der Waals surface area contributed by atoms with E-state index in [1.54, 1.807) is 37.2 Å². The third-order valence-corrected chi connectivity index (χ3v) is 8.33. The van der Waals surface area contributed by atoms with E-state index < -0.39 is 28.1 Å². The number of hydrogen-bond donors (Lipinski definition) is 2. The lowest BCUT2D eigenvalue weighted by molar-refractivity contribution is -0.149. The molecule has 2 aromatic rings. The highest BCUT2D eigenvalue weighted by atomic mass is 32.2. The maximum absolute atomic E-state index is 13.7. The van der Waals surface area contributed by atoms with E-state index in [9.17, 15) is 23.1 Å². The molecule has 2 rings (SSSR count). The Morgan fingerprint density at radius 2 is 1.51 bits per heavy atom. The van der Waals surface area contributed by atoms with Crippen molar-refractivity contribution in [3.05, 3.63) is 66.2 Å². The SMILES string of the molecule is CC(C)CCN(C[C@@H](O)C(Cc1ccccc1)N(NC(=O)CN(C)C)C(=O)CC(C)(C)C)S(=O)(=O)c1ccccc1. The minimum atomic E-state index is -3.94. The molecule has 0 aliphatic rings. The molecule has 10 heteroatoms. The molecule has 0 saturated carbocycles. The number of amides is 2. The van der Waals surface area contributed by atoms with Gasteiger partial charge in [-0.05, 0) is 56.0 Å². The Bertz CT molecular complexity index is 1200. The second-order valence-electron chi connectivity index (χ2n) is 12.5. The van der Waals surface area contributed by atoms with Crippen LogP contribution in [0.3, 0.4) is 0 Å². The molecule has 1 unspecified atom stereocenters. The Morgan fingerprint density at radius 3 is 2.02 bits per heavy atom. The molecule has 2 aromatic carbocycles. The van der Waals surface area contributed by atoms with Crippen LogP contribution in [0.2, 0.25) is 0 Å². The third kappa shape index (κ3) is 11.5. The molecule has 228 valence electrons. The molecule has 9 nitrogen and oxygen atoms in total. The Kier molecular flexibility index (Phi) is 13.0. The van der Waals surface area contributed by atoms with Crippen molar-refractivity contribution >= 4 is 21.8 Å². The Labute approximate surface area is 246 Å². The van der Waals surface area contributed by atoms with Gasteiger partial charge in [0.2, 0.25) is 15.9 Å². The second kappa shape index (κ2) is 15.4. The highest BCUT2D eigenvalue weighted by Crippen LogP contribution is 2.24. The highest BCUT2D eigenvalue weighted by molar-refractivity contribution is 7.89. The summed E-state index contributed by atoms with van der Waals surface area (Å²) >= 11 is 0. The third-order valence-electron chi connectivity index (χ3n) is 6.45. The van der Waals surface area contributed by atoms with Crippen molar-refractivity contribution < 1.29 is 23.1 Å². The first-order valence-electron chi connectivity index (χ1n) is 14.1. The number of nitrogens with zero attached hydrogens (tertiary/aromatic N) is 3. The van der Waals surface area contributed by atoms with Crippen LogP contribution in [0.15, 0.2) is 65.6 Å². The number of hydrogen-bond acceptors (Lipinski definition) is 6. The molecule has 0 aliphatic carbocycles. The van der Waals surface area contributed by atoms with Gasteiger partial charge in [0.1, 0.15) is 0 Å². The topological polar surface area (TPSA) is 110 Å². The molecular formula is C31H48N4O5S. The predicted molar refractivity (Wildman–Crippen MR) is 162 cm³/mol. The van der Waals surface area contributed by atoms with Gasteiger partial charge in [0.05, 0.1) is 23.6 Å². The zero-order valence-corrected chi connectivity index (χ0v) is 26.4. The lowest BCUT2D eigenvalue weighted by atomic mass is 9.91. The van der Waals surface area contributed by atoms with E-state index in [2.05, 4.69) is 5.43 Å². The molecule has 2 N–H and O–H groups in total. The number of aliphatic hydroxyl groups is 1. The molecule has 0 spiro atoms. The van der Waals surface area contributed by atoms with Crippen molar-refractivity contribution in [2.45, 2.75) is 70.9 Å². The van der Waals surface area contributed by atoms with Gasteiger partial charge in [-0.3, -0.25) is 15.0 Å². The largest absolute Gasteiger partial charge is 0.390 e. The molecule has 41 heavy (non-hydrogen) atoms. The molecule has 2 atom stereocenters. The number of rotatable bonds is 14. The smallest absolute Gasteiger partial charge is 0.252 e. The molecule has 0 fully saturated rings. The number of sulfonamides is 1. The van der Waals surface area contributed by atoms with Crippen molar-refractivity contribution in [3.63, 3.8) is 0 Å². The first-order chi connectivity index (χ1) is 19.1. The number of benzene rings is 2. The quantitative estimate of drug-likeness (QED) is 0.327. The monoisotopic (exact) mass is 588 g/mol. The summed E-state index contributed by atoms with van der Waals surface area (Å²) in [7, 11) is -0.440. The van der Waals surface area contributed by atoms with Crippen LogP contribution in [-0.4, -0.2) is 85.4 Å². The first-order valence-corrected chi connectivity index (χ1v) is 15.6. The summed E-state index contributed by atoms with van der Waals surface area (Å²) in [5.74, 6) is -0.531. The minimum absolute atomic E-state index is 0.0380. The van der Waals surface area contributed by atoms with Gasteiger partial charge in [-0.2, -0.15) is 4.31 Å². The van der Waals surface area contributed by atoms with Crippen LogP contribution in [-0.2, 0) is 26.0 Å². The maximum Gasteiger partial charge on any atom is 0.252 e. The van der Waals surface area contributed by atoms with Gasteiger partial charge in [-0.15, -0.1) is 0 Å². The fraction of sp³-hybridized carbons (Fsp3) is 0.548. The molecular weight excluding hydrogens is 540 g/mol. The van der Waals surface area contributed by atoms with E-state index in [0.29, 0.717) is 6.42 Å². The van der Waals surface area contributed by atoms with Crippen LogP contribution in [0, 0.1) is 11.3 Å². The minimum Gasteiger partial charge on any atom is -0.390 e. The van der Waals surface area contributed by atoms with Crippen LogP contribution in [0.4, 0.5) is 0 Å². The number of carbonyl (C=O) groups excluding carboxylic acids is 2. The number of carbonyl (C=O) groups is 2. The van der Waals surface area contributed by atoms with Gasteiger partial charge in [-0.1, -0.05) is 83.1 Å². The van der Waals surface area contributed by atoms with Crippen LogP contribution in [0.25, 0.3) is 0 Å². The van der Waals surface area contributed by atoms with Gasteiger partial charge in [-0.25, -0.2) is 13.4 Å². The Hall–Kier alpha value is -2.79. The average molecular weight is 589 g/mol. The van der Waals surface area contributed by atoms with E-state index in [0.717, 1.165) is 5.56 Å². The molecule has 2 amide bonds. The summed E-state index contributed by atoms with van der Waals surface area (Å²) in [5.41, 5.74) is 3.20. The van der Waals surface area contributed by atoms with Crippen LogP contribution >= 0.6 is 0 Å². The molecule has 0 heterocycles.